The molecule has 0 unspecified atom stereocenters. The molecule has 0 radical (unpaired) electrons. The number of benzene rings is 2. The van der Waals surface area contributed by atoms with Crippen LogP contribution < -0.4 is 14.9 Å². The van der Waals surface area contributed by atoms with Crippen LogP contribution in [0, 0.1) is 0 Å². The molecule has 0 atom stereocenters. The second-order valence-electron chi connectivity index (χ2n) is 6.24. The Labute approximate surface area is 171 Å². The van der Waals surface area contributed by atoms with Crippen molar-refractivity contribution < 1.29 is 22.7 Å². The van der Waals surface area contributed by atoms with Crippen LogP contribution in [0.15, 0.2) is 53.6 Å². The third kappa shape index (κ3) is 7.20. The van der Waals surface area contributed by atoms with Gasteiger partial charge in [-0.2, -0.15) is 9.41 Å². The number of ether oxygens (including phenoxy) is 2. The van der Waals surface area contributed by atoms with E-state index in [1.165, 1.54) is 20.4 Å². The lowest BCUT2D eigenvalue weighted by molar-refractivity contribution is -0.121. The third-order valence-electron chi connectivity index (χ3n) is 4.09. The molecular weight excluding hydrogens is 394 g/mol. The molecule has 1 N–H and O–H groups in total. The second-order valence-corrected chi connectivity index (χ2v) is 8.22. The summed E-state index contributed by atoms with van der Waals surface area (Å²) in [5, 5.41) is 3.88. The van der Waals surface area contributed by atoms with E-state index in [9.17, 15) is 13.2 Å². The van der Waals surface area contributed by atoms with Gasteiger partial charge in [0.05, 0.1) is 33.2 Å². The first-order chi connectivity index (χ1) is 13.8. The maximum atomic E-state index is 12.1. The highest BCUT2D eigenvalue weighted by Crippen LogP contribution is 2.26. The van der Waals surface area contributed by atoms with E-state index in [0.29, 0.717) is 23.5 Å². The summed E-state index contributed by atoms with van der Waals surface area (Å²) in [5.41, 5.74) is 4.03. The fraction of sp³-hybridized carbons (Fsp3) is 0.300. The molecular formula is C20H25N3O5S. The Morgan fingerprint density at radius 1 is 1.10 bits per heavy atom. The van der Waals surface area contributed by atoms with Gasteiger partial charge in [-0.05, 0) is 35.7 Å². The van der Waals surface area contributed by atoms with E-state index < -0.39 is 15.9 Å². The number of hydrazone groups is 1. The molecule has 0 bridgehead atoms. The molecule has 2 aromatic rings. The summed E-state index contributed by atoms with van der Waals surface area (Å²) in [7, 11) is -0.471. The number of hydrogen-bond acceptors (Lipinski definition) is 6. The Morgan fingerprint density at radius 3 is 2.41 bits per heavy atom. The quantitative estimate of drug-likeness (QED) is 0.467. The molecule has 0 saturated carbocycles. The molecule has 0 aliphatic rings. The van der Waals surface area contributed by atoms with Crippen LogP contribution in [0.3, 0.4) is 0 Å². The number of nitrogens with one attached hydrogen (secondary N) is 1. The highest BCUT2D eigenvalue weighted by Gasteiger charge is 2.19. The standard InChI is InChI=1S/C20H25N3O5S/c1-27-18-10-9-17(13-19(18)28-2)14-21-22-20(24)15-23(29(3,25)26)12-11-16-7-5-4-6-8-16/h4-10,13-14H,11-12,15H2,1-3H3,(H,22,24)/b21-14+. The molecule has 0 heterocycles. The average Bonchev–Trinajstić information content (AvgIpc) is 2.70. The number of carbonyl (C=O) groups is 1. The van der Waals surface area contributed by atoms with Gasteiger partial charge in [0.2, 0.25) is 10.0 Å². The SMILES string of the molecule is COc1ccc(/C=N/NC(=O)CN(CCc2ccccc2)S(C)(=O)=O)cc1OC. The van der Waals surface area contributed by atoms with Crippen LogP contribution in [0.2, 0.25) is 0 Å². The lowest BCUT2D eigenvalue weighted by Crippen LogP contribution is -2.40. The number of sulfonamides is 1. The highest BCUT2D eigenvalue weighted by atomic mass is 32.2. The van der Waals surface area contributed by atoms with Gasteiger partial charge in [-0.3, -0.25) is 4.79 Å². The molecule has 1 amide bonds. The lowest BCUT2D eigenvalue weighted by Gasteiger charge is -2.18. The highest BCUT2D eigenvalue weighted by molar-refractivity contribution is 7.88. The smallest absolute Gasteiger partial charge is 0.255 e. The third-order valence-corrected chi connectivity index (χ3v) is 5.34. The van der Waals surface area contributed by atoms with Crippen LogP contribution in [0.25, 0.3) is 0 Å². The Morgan fingerprint density at radius 2 is 1.79 bits per heavy atom. The topological polar surface area (TPSA) is 97.3 Å². The summed E-state index contributed by atoms with van der Waals surface area (Å²) < 4.78 is 35.5. The van der Waals surface area contributed by atoms with Crippen LogP contribution in [0.5, 0.6) is 11.5 Å². The largest absolute Gasteiger partial charge is 0.493 e. The number of nitrogens with zero attached hydrogens (tertiary/aromatic N) is 2. The molecule has 0 aliphatic carbocycles. The van der Waals surface area contributed by atoms with E-state index in [1.54, 1.807) is 18.2 Å². The van der Waals surface area contributed by atoms with Crippen molar-refractivity contribution in [1.82, 2.24) is 9.73 Å². The summed E-state index contributed by atoms with van der Waals surface area (Å²) in [6.07, 6.45) is 3.03. The molecule has 0 spiro atoms. The van der Waals surface area contributed by atoms with Crippen molar-refractivity contribution in [1.29, 1.82) is 0 Å². The molecule has 0 fully saturated rings. The van der Waals surface area contributed by atoms with Gasteiger partial charge in [0, 0.05) is 6.54 Å². The maximum Gasteiger partial charge on any atom is 0.255 e. The lowest BCUT2D eigenvalue weighted by atomic mass is 10.1. The van der Waals surface area contributed by atoms with Crippen molar-refractivity contribution in [2.75, 3.05) is 33.6 Å². The zero-order valence-electron chi connectivity index (χ0n) is 16.7. The Balaban J connectivity index is 1.95. The van der Waals surface area contributed by atoms with Gasteiger partial charge in [0.1, 0.15) is 0 Å². The Bertz CT molecular complexity index is 946. The van der Waals surface area contributed by atoms with E-state index >= 15 is 0 Å². The van der Waals surface area contributed by atoms with Crippen molar-refractivity contribution in [3.05, 3.63) is 59.7 Å². The summed E-state index contributed by atoms with van der Waals surface area (Å²) in [6.45, 7) is -0.107. The fourth-order valence-corrected chi connectivity index (χ4v) is 3.34. The van der Waals surface area contributed by atoms with Crippen molar-refractivity contribution in [3.63, 3.8) is 0 Å². The van der Waals surface area contributed by atoms with Gasteiger partial charge in [-0.15, -0.1) is 0 Å². The van der Waals surface area contributed by atoms with Crippen molar-refractivity contribution in [2.45, 2.75) is 6.42 Å². The first-order valence-electron chi connectivity index (χ1n) is 8.86. The molecule has 9 heteroatoms. The Kier molecular flexibility index (Phi) is 8.17. The fourth-order valence-electron chi connectivity index (χ4n) is 2.57. The molecule has 0 aliphatic heterocycles. The van der Waals surface area contributed by atoms with Crippen LogP contribution in [0.4, 0.5) is 0 Å². The number of amides is 1. The summed E-state index contributed by atoms with van der Waals surface area (Å²) >= 11 is 0. The molecule has 0 saturated heterocycles. The predicted octanol–water partition coefficient (Wildman–Crippen LogP) is 1.66. The molecule has 2 aromatic carbocycles. The summed E-state index contributed by atoms with van der Waals surface area (Å²) in [5.74, 6) is 0.586. The van der Waals surface area contributed by atoms with Crippen molar-refractivity contribution >= 4 is 22.1 Å². The minimum Gasteiger partial charge on any atom is -0.493 e. The minimum absolute atomic E-state index is 0.204. The van der Waals surface area contributed by atoms with E-state index in [4.69, 9.17) is 9.47 Å². The average molecular weight is 420 g/mol. The van der Waals surface area contributed by atoms with E-state index in [-0.39, 0.29) is 13.1 Å². The van der Waals surface area contributed by atoms with Crippen molar-refractivity contribution in [2.24, 2.45) is 5.10 Å². The van der Waals surface area contributed by atoms with E-state index in [0.717, 1.165) is 16.1 Å². The number of carbonyl (C=O) groups excluding carboxylic acids is 1. The summed E-state index contributed by atoms with van der Waals surface area (Å²) in [4.78, 5) is 12.1. The maximum absolute atomic E-state index is 12.1. The first kappa shape index (κ1) is 22.4. The monoisotopic (exact) mass is 419 g/mol. The summed E-state index contributed by atoms with van der Waals surface area (Å²) in [6, 6.07) is 14.7. The molecule has 156 valence electrons. The van der Waals surface area contributed by atoms with Crippen LogP contribution in [0.1, 0.15) is 11.1 Å². The Hall–Kier alpha value is -2.91. The number of rotatable bonds is 10. The van der Waals surface area contributed by atoms with Gasteiger partial charge in [-0.1, -0.05) is 30.3 Å². The van der Waals surface area contributed by atoms with Gasteiger partial charge in [-0.25, -0.2) is 13.8 Å². The molecule has 2 rings (SSSR count). The predicted molar refractivity (Wildman–Crippen MR) is 112 cm³/mol. The molecule has 8 nitrogen and oxygen atoms in total. The van der Waals surface area contributed by atoms with Crippen LogP contribution in [-0.2, 0) is 21.2 Å². The first-order valence-corrected chi connectivity index (χ1v) is 10.7. The number of hydrogen-bond donors (Lipinski definition) is 1. The minimum atomic E-state index is -3.53. The molecule has 29 heavy (non-hydrogen) atoms. The van der Waals surface area contributed by atoms with Gasteiger partial charge in [0.25, 0.3) is 5.91 Å². The number of methoxy groups -OCH3 is 2. The van der Waals surface area contributed by atoms with Crippen molar-refractivity contribution in [3.8, 4) is 11.5 Å². The van der Waals surface area contributed by atoms with Gasteiger partial charge >= 0.3 is 0 Å². The van der Waals surface area contributed by atoms with E-state index in [1.807, 2.05) is 30.3 Å². The van der Waals surface area contributed by atoms with Gasteiger partial charge < -0.3 is 9.47 Å². The van der Waals surface area contributed by atoms with Crippen LogP contribution in [-0.4, -0.2) is 58.4 Å². The van der Waals surface area contributed by atoms with Gasteiger partial charge in [0.15, 0.2) is 11.5 Å². The van der Waals surface area contributed by atoms with E-state index in [2.05, 4.69) is 10.5 Å². The molecule has 0 aromatic heterocycles. The normalized spacial score (nSPS) is 11.6. The zero-order valence-corrected chi connectivity index (χ0v) is 17.5. The second kappa shape index (κ2) is 10.6. The zero-order chi connectivity index (χ0) is 21.3. The van der Waals surface area contributed by atoms with Crippen LogP contribution >= 0.6 is 0 Å².